The number of thiol groups is 1. The average molecular weight is 178 g/mol. The molecule has 4 heteroatoms. The summed E-state index contributed by atoms with van der Waals surface area (Å²) in [6.07, 6.45) is 2.49. The molecule has 0 heterocycles. The molecule has 0 aliphatic heterocycles. The molecule has 0 bridgehead atoms. The third kappa shape index (κ3) is 7.68. The summed E-state index contributed by atoms with van der Waals surface area (Å²) in [5.41, 5.74) is 0. The fourth-order valence-electron chi connectivity index (χ4n) is 0.622. The first kappa shape index (κ1) is 10.8. The highest BCUT2D eigenvalue weighted by Crippen LogP contribution is 1.95. The summed E-state index contributed by atoms with van der Waals surface area (Å²) in [6, 6.07) is 0. The van der Waals surface area contributed by atoms with E-state index in [-0.39, 0.29) is 18.3 Å². The molecule has 66 valence electrons. The Bertz CT molecular complexity index is 106. The van der Waals surface area contributed by atoms with E-state index in [0.29, 0.717) is 6.61 Å². The van der Waals surface area contributed by atoms with E-state index >= 15 is 0 Å². The molecule has 0 fully saturated rings. The lowest BCUT2D eigenvalue weighted by molar-refractivity contribution is -0.140. The van der Waals surface area contributed by atoms with Crippen LogP contribution in [0.4, 0.5) is 0 Å². The van der Waals surface area contributed by atoms with E-state index in [2.05, 4.69) is 12.6 Å². The van der Waals surface area contributed by atoms with Crippen molar-refractivity contribution in [3.63, 3.8) is 0 Å². The highest BCUT2D eigenvalue weighted by atomic mass is 32.1. The molecule has 0 aromatic heterocycles. The van der Waals surface area contributed by atoms with E-state index in [1.54, 1.807) is 0 Å². The van der Waals surface area contributed by atoms with Crippen molar-refractivity contribution in [2.45, 2.75) is 19.3 Å². The zero-order valence-corrected chi connectivity index (χ0v) is 7.35. The zero-order valence-electron chi connectivity index (χ0n) is 6.45. The molecular formula is C7H14O3S. The van der Waals surface area contributed by atoms with Gasteiger partial charge in [0, 0.05) is 6.61 Å². The van der Waals surface area contributed by atoms with Gasteiger partial charge in [-0.2, -0.15) is 12.6 Å². The fourth-order valence-corrected chi connectivity index (χ4v) is 0.714. The Labute approximate surface area is 72.2 Å². The lowest BCUT2D eigenvalue weighted by atomic mass is 10.2. The van der Waals surface area contributed by atoms with Crippen LogP contribution in [0, 0.1) is 0 Å². The van der Waals surface area contributed by atoms with Gasteiger partial charge >= 0.3 is 5.97 Å². The minimum atomic E-state index is -0.280. The van der Waals surface area contributed by atoms with Crippen molar-refractivity contribution in [2.75, 3.05) is 19.0 Å². The topological polar surface area (TPSA) is 46.5 Å². The number of ether oxygens (including phenoxy) is 1. The Morgan fingerprint density at radius 3 is 2.64 bits per heavy atom. The molecule has 0 saturated carbocycles. The first-order valence-corrected chi connectivity index (χ1v) is 4.32. The van der Waals surface area contributed by atoms with Gasteiger partial charge in [-0.05, 0) is 19.3 Å². The Kier molecular flexibility index (Phi) is 7.72. The molecule has 0 spiro atoms. The summed E-state index contributed by atoms with van der Waals surface area (Å²) in [5, 5.41) is 8.40. The van der Waals surface area contributed by atoms with Crippen LogP contribution in [-0.4, -0.2) is 30.0 Å². The second kappa shape index (κ2) is 7.88. The molecule has 0 unspecified atom stereocenters. The molecule has 1 N–H and O–H groups in total. The molecule has 0 amide bonds. The Morgan fingerprint density at radius 2 is 2.09 bits per heavy atom. The summed E-state index contributed by atoms with van der Waals surface area (Å²) in [5.74, 6) is -0.141. The molecule has 0 aliphatic carbocycles. The van der Waals surface area contributed by atoms with Crippen LogP contribution < -0.4 is 0 Å². The number of rotatable bonds is 6. The molecule has 0 rings (SSSR count). The molecule has 0 saturated heterocycles. The summed E-state index contributed by atoms with van der Waals surface area (Å²) in [6.45, 7) is 0.653. The maximum absolute atomic E-state index is 10.5. The normalized spacial score (nSPS) is 9.64. The highest BCUT2D eigenvalue weighted by Gasteiger charge is 1.96. The van der Waals surface area contributed by atoms with Gasteiger partial charge in [0.1, 0.15) is 0 Å². The lowest BCUT2D eigenvalue weighted by Crippen LogP contribution is -2.06. The quantitative estimate of drug-likeness (QED) is 0.356. The molecule has 3 nitrogen and oxygen atoms in total. The summed E-state index contributed by atoms with van der Waals surface area (Å²) < 4.78 is 4.74. The first-order valence-electron chi connectivity index (χ1n) is 3.68. The van der Waals surface area contributed by atoms with Crippen LogP contribution in [0.2, 0.25) is 0 Å². The van der Waals surface area contributed by atoms with Gasteiger partial charge in [-0.1, -0.05) is 0 Å². The van der Waals surface area contributed by atoms with Gasteiger partial charge in [0.05, 0.1) is 12.4 Å². The van der Waals surface area contributed by atoms with Crippen molar-refractivity contribution in [2.24, 2.45) is 0 Å². The van der Waals surface area contributed by atoms with Crippen molar-refractivity contribution >= 4 is 18.6 Å². The van der Waals surface area contributed by atoms with Gasteiger partial charge in [0.2, 0.25) is 0 Å². The number of aliphatic hydroxyl groups is 1. The summed E-state index contributed by atoms with van der Waals surface area (Å²) in [7, 11) is 0. The second-order valence-electron chi connectivity index (χ2n) is 2.16. The van der Waals surface area contributed by atoms with Crippen molar-refractivity contribution in [3.05, 3.63) is 0 Å². The molecule has 0 aromatic carbocycles. The maximum Gasteiger partial charge on any atom is 0.315 e. The van der Waals surface area contributed by atoms with E-state index in [1.807, 2.05) is 0 Å². The van der Waals surface area contributed by atoms with Gasteiger partial charge in [-0.25, -0.2) is 0 Å². The van der Waals surface area contributed by atoms with Crippen LogP contribution in [0.15, 0.2) is 0 Å². The van der Waals surface area contributed by atoms with Gasteiger partial charge in [-0.15, -0.1) is 0 Å². The van der Waals surface area contributed by atoms with Crippen molar-refractivity contribution in [1.82, 2.24) is 0 Å². The summed E-state index contributed by atoms with van der Waals surface area (Å²) in [4.78, 5) is 10.5. The summed E-state index contributed by atoms with van der Waals surface area (Å²) >= 11 is 3.74. The molecule has 0 atom stereocenters. The predicted octanol–water partition coefficient (Wildman–Crippen LogP) is 0.622. The van der Waals surface area contributed by atoms with Crippen LogP contribution in [-0.2, 0) is 9.53 Å². The van der Waals surface area contributed by atoms with E-state index < -0.39 is 0 Å². The fraction of sp³-hybridized carbons (Fsp3) is 0.857. The molecule has 11 heavy (non-hydrogen) atoms. The van der Waals surface area contributed by atoms with E-state index in [4.69, 9.17) is 9.84 Å². The molecule has 0 aliphatic rings. The second-order valence-corrected chi connectivity index (χ2v) is 2.48. The van der Waals surface area contributed by atoms with Gasteiger partial charge in [0.25, 0.3) is 0 Å². The van der Waals surface area contributed by atoms with Crippen molar-refractivity contribution in [3.8, 4) is 0 Å². The Morgan fingerprint density at radius 1 is 1.36 bits per heavy atom. The van der Waals surface area contributed by atoms with Crippen LogP contribution in [0.3, 0.4) is 0 Å². The number of carbonyl (C=O) groups excluding carboxylic acids is 1. The van der Waals surface area contributed by atoms with Crippen molar-refractivity contribution in [1.29, 1.82) is 0 Å². The number of aliphatic hydroxyl groups excluding tert-OH is 1. The predicted molar refractivity (Wildman–Crippen MR) is 45.7 cm³/mol. The van der Waals surface area contributed by atoms with Gasteiger partial charge < -0.3 is 9.84 Å². The Balaban J connectivity index is 2.95. The standard InChI is InChI=1S/C7H14O3S/c8-4-2-1-3-5-10-7(9)6-11/h8,11H,1-6H2. The minimum absolute atomic E-state index is 0.139. The number of unbranched alkanes of at least 4 members (excludes halogenated alkanes) is 2. The van der Waals surface area contributed by atoms with Crippen LogP contribution in [0.1, 0.15) is 19.3 Å². The van der Waals surface area contributed by atoms with Crippen LogP contribution in [0.5, 0.6) is 0 Å². The Hall–Kier alpha value is -0.220. The van der Waals surface area contributed by atoms with Gasteiger partial charge in [0.15, 0.2) is 0 Å². The largest absolute Gasteiger partial charge is 0.465 e. The van der Waals surface area contributed by atoms with E-state index in [0.717, 1.165) is 19.3 Å². The van der Waals surface area contributed by atoms with Gasteiger partial charge in [-0.3, -0.25) is 4.79 Å². The SMILES string of the molecule is O=C(CS)OCCCCCO. The first-order chi connectivity index (χ1) is 5.31. The van der Waals surface area contributed by atoms with E-state index in [1.165, 1.54) is 0 Å². The molecule has 0 radical (unpaired) electrons. The number of hydrogen-bond acceptors (Lipinski definition) is 4. The number of hydrogen-bond donors (Lipinski definition) is 2. The zero-order chi connectivity index (χ0) is 8.53. The number of carbonyl (C=O) groups is 1. The third-order valence-electron chi connectivity index (χ3n) is 1.19. The van der Waals surface area contributed by atoms with Crippen LogP contribution in [0.25, 0.3) is 0 Å². The molecular weight excluding hydrogens is 164 g/mol. The monoisotopic (exact) mass is 178 g/mol. The highest BCUT2D eigenvalue weighted by molar-refractivity contribution is 7.81. The maximum atomic E-state index is 10.5. The smallest absolute Gasteiger partial charge is 0.315 e. The minimum Gasteiger partial charge on any atom is -0.465 e. The number of esters is 1. The lowest BCUT2D eigenvalue weighted by Gasteiger charge is -2.00. The van der Waals surface area contributed by atoms with Crippen LogP contribution >= 0.6 is 12.6 Å². The van der Waals surface area contributed by atoms with E-state index in [9.17, 15) is 4.79 Å². The third-order valence-corrected chi connectivity index (χ3v) is 1.45. The average Bonchev–Trinajstić information content (AvgIpc) is 2.04. The molecule has 0 aromatic rings. The van der Waals surface area contributed by atoms with Crippen molar-refractivity contribution < 1.29 is 14.6 Å².